The molecule has 3 N–H and O–H groups in total. The molecule has 0 unspecified atom stereocenters. The second-order valence-corrected chi connectivity index (χ2v) is 8.10. The van der Waals surface area contributed by atoms with E-state index in [-0.39, 0.29) is 18.3 Å². The predicted octanol–water partition coefficient (Wildman–Crippen LogP) is 2.68. The van der Waals surface area contributed by atoms with E-state index < -0.39 is 11.9 Å². The topological polar surface area (TPSA) is 114 Å². The van der Waals surface area contributed by atoms with Gasteiger partial charge in [0.2, 0.25) is 5.95 Å². The fraction of sp³-hybridized carbons (Fsp3) is 0.364. The van der Waals surface area contributed by atoms with Gasteiger partial charge < -0.3 is 20.5 Å². The third-order valence-electron chi connectivity index (χ3n) is 5.30. The van der Waals surface area contributed by atoms with Gasteiger partial charge in [0.15, 0.2) is 0 Å². The van der Waals surface area contributed by atoms with Crippen molar-refractivity contribution in [3.05, 3.63) is 64.8 Å². The zero-order valence-corrected chi connectivity index (χ0v) is 18.4. The van der Waals surface area contributed by atoms with Crippen molar-refractivity contribution in [2.75, 3.05) is 25.1 Å². The highest BCUT2D eigenvalue weighted by Gasteiger charge is 2.19. The minimum Gasteiger partial charge on any atom is -0.394 e. The normalized spacial score (nSPS) is 15.3. The third kappa shape index (κ3) is 5.24. The molecule has 168 valence electrons. The van der Waals surface area contributed by atoms with E-state index in [1.165, 1.54) is 6.33 Å². The lowest BCUT2D eigenvalue weighted by molar-refractivity contribution is 0.0902. The minimum absolute atomic E-state index is 0.211. The van der Waals surface area contributed by atoms with Crippen LogP contribution in [0.3, 0.4) is 0 Å². The van der Waals surface area contributed by atoms with Crippen molar-refractivity contribution in [2.45, 2.75) is 31.8 Å². The van der Waals surface area contributed by atoms with Gasteiger partial charge in [-0.25, -0.2) is 9.97 Å². The van der Waals surface area contributed by atoms with Crippen molar-refractivity contribution < 1.29 is 14.6 Å². The average Bonchev–Trinajstić information content (AvgIpc) is 3.29. The Morgan fingerprint density at radius 3 is 2.91 bits per heavy atom. The molecule has 32 heavy (non-hydrogen) atoms. The number of nitrogens with one attached hydrogen (secondary N) is 2. The van der Waals surface area contributed by atoms with Gasteiger partial charge in [0.1, 0.15) is 17.8 Å². The van der Waals surface area contributed by atoms with Crippen molar-refractivity contribution >= 4 is 23.5 Å². The van der Waals surface area contributed by atoms with Gasteiger partial charge in [0.25, 0.3) is 5.91 Å². The number of hydrogen-bond acceptors (Lipinski definition) is 7. The second kappa shape index (κ2) is 10.1. The quantitative estimate of drug-likeness (QED) is 0.500. The van der Waals surface area contributed by atoms with Crippen LogP contribution in [0.4, 0.5) is 5.95 Å². The Labute approximate surface area is 190 Å². The third-order valence-corrected chi connectivity index (χ3v) is 5.53. The molecule has 2 aromatic heterocycles. The summed E-state index contributed by atoms with van der Waals surface area (Å²) >= 11 is 6.03. The number of carbonyl (C=O) groups is 1. The Morgan fingerprint density at radius 1 is 1.34 bits per heavy atom. The van der Waals surface area contributed by atoms with Gasteiger partial charge in [-0.05, 0) is 37.5 Å². The van der Waals surface area contributed by atoms with Gasteiger partial charge in [-0.1, -0.05) is 23.7 Å². The smallest absolute Gasteiger partial charge is 0.272 e. The number of anilines is 1. The van der Waals surface area contributed by atoms with Crippen LogP contribution < -0.4 is 10.6 Å². The molecule has 1 fully saturated rings. The van der Waals surface area contributed by atoms with Crippen molar-refractivity contribution in [2.24, 2.45) is 0 Å². The number of nitrogens with zero attached hydrogens (tertiary/aromatic N) is 4. The van der Waals surface area contributed by atoms with Crippen molar-refractivity contribution in [3.63, 3.8) is 0 Å². The maximum Gasteiger partial charge on any atom is 0.272 e. The van der Waals surface area contributed by atoms with Gasteiger partial charge in [0, 0.05) is 42.2 Å². The largest absolute Gasteiger partial charge is 0.394 e. The number of rotatable bonds is 7. The molecule has 1 amide bonds. The summed E-state index contributed by atoms with van der Waals surface area (Å²) in [5.74, 6) is 0.753. The van der Waals surface area contributed by atoms with Gasteiger partial charge in [-0.3, -0.25) is 9.36 Å². The first kappa shape index (κ1) is 22.2. The van der Waals surface area contributed by atoms with Crippen LogP contribution in [-0.4, -0.2) is 56.4 Å². The van der Waals surface area contributed by atoms with E-state index in [9.17, 15) is 9.90 Å². The molecular weight excluding hydrogens is 432 g/mol. The van der Waals surface area contributed by atoms with E-state index in [0.29, 0.717) is 22.4 Å². The van der Waals surface area contributed by atoms with Crippen molar-refractivity contribution in [1.82, 2.24) is 24.8 Å². The lowest BCUT2D eigenvalue weighted by Crippen LogP contribution is -2.31. The zero-order valence-electron chi connectivity index (χ0n) is 17.7. The molecule has 0 spiro atoms. The van der Waals surface area contributed by atoms with Crippen LogP contribution in [0.5, 0.6) is 0 Å². The summed E-state index contributed by atoms with van der Waals surface area (Å²) in [7, 11) is 0. The number of ether oxygens (including phenoxy) is 1. The summed E-state index contributed by atoms with van der Waals surface area (Å²) in [5.41, 5.74) is 1.77. The number of benzene rings is 1. The Kier molecular flexibility index (Phi) is 6.99. The molecule has 1 aliphatic heterocycles. The number of halogens is 1. The summed E-state index contributed by atoms with van der Waals surface area (Å²) < 4.78 is 7.08. The van der Waals surface area contributed by atoms with E-state index in [1.807, 2.05) is 6.92 Å². The van der Waals surface area contributed by atoms with Gasteiger partial charge in [-0.2, -0.15) is 4.98 Å². The molecule has 3 heterocycles. The monoisotopic (exact) mass is 456 g/mol. The van der Waals surface area contributed by atoms with Crippen molar-refractivity contribution in [3.8, 4) is 5.82 Å². The summed E-state index contributed by atoms with van der Waals surface area (Å²) in [4.78, 5) is 26.0. The molecule has 9 nitrogen and oxygen atoms in total. The number of amides is 1. The van der Waals surface area contributed by atoms with E-state index in [2.05, 4.69) is 25.6 Å². The van der Waals surface area contributed by atoms with Crippen LogP contribution in [0.15, 0.2) is 43.0 Å². The Morgan fingerprint density at radius 2 is 2.16 bits per heavy atom. The van der Waals surface area contributed by atoms with Gasteiger partial charge in [-0.15, -0.1) is 0 Å². The standard InChI is InChI=1S/C22H25ClN6O3/c1-14-10-24-22(26-17-5-7-32-8-6-17)28-20(14)29-11-18(25-13-29)21(31)27-19(12-30)15-3-2-4-16(23)9-15/h2-4,9-11,13,17,19,30H,5-8,12H2,1H3,(H,27,31)(H,24,26,28)/t19-/m1/s1. The summed E-state index contributed by atoms with van der Waals surface area (Å²) in [6.07, 6.45) is 6.69. The maximum atomic E-state index is 12.7. The van der Waals surface area contributed by atoms with E-state index >= 15 is 0 Å². The number of aryl methyl sites for hydroxylation is 1. The highest BCUT2D eigenvalue weighted by molar-refractivity contribution is 6.30. The SMILES string of the molecule is Cc1cnc(NC2CCOCC2)nc1-n1cnc(C(=O)N[C@H](CO)c2cccc(Cl)c2)c1. The van der Waals surface area contributed by atoms with Crippen LogP contribution in [0, 0.1) is 6.92 Å². The highest BCUT2D eigenvalue weighted by Crippen LogP contribution is 2.19. The molecule has 10 heteroatoms. The number of aliphatic hydroxyl groups excluding tert-OH is 1. The summed E-state index contributed by atoms with van der Waals surface area (Å²) in [5, 5.41) is 16.4. The second-order valence-electron chi connectivity index (χ2n) is 7.66. The lowest BCUT2D eigenvalue weighted by atomic mass is 10.1. The molecule has 4 rings (SSSR count). The van der Waals surface area contributed by atoms with E-state index in [4.69, 9.17) is 16.3 Å². The Balaban J connectivity index is 1.49. The molecule has 0 aliphatic carbocycles. The number of aromatic nitrogens is 4. The fourth-order valence-corrected chi connectivity index (χ4v) is 3.73. The fourth-order valence-electron chi connectivity index (χ4n) is 3.53. The summed E-state index contributed by atoms with van der Waals surface area (Å²) in [6, 6.07) is 6.68. The van der Waals surface area contributed by atoms with Crippen LogP contribution in [-0.2, 0) is 4.74 Å². The molecule has 1 aliphatic rings. The number of carbonyl (C=O) groups excluding carboxylic acids is 1. The van der Waals surface area contributed by atoms with Gasteiger partial charge >= 0.3 is 0 Å². The lowest BCUT2D eigenvalue weighted by Gasteiger charge is -2.23. The first-order valence-corrected chi connectivity index (χ1v) is 10.8. The molecule has 0 saturated carbocycles. The Hall–Kier alpha value is -3.01. The predicted molar refractivity (Wildman–Crippen MR) is 120 cm³/mol. The molecule has 3 aromatic rings. The van der Waals surface area contributed by atoms with Crippen LogP contribution >= 0.6 is 11.6 Å². The number of aliphatic hydroxyl groups is 1. The first-order chi connectivity index (χ1) is 15.5. The molecule has 1 atom stereocenters. The van der Waals surface area contributed by atoms with E-state index in [0.717, 1.165) is 31.6 Å². The zero-order chi connectivity index (χ0) is 22.5. The average molecular weight is 457 g/mol. The minimum atomic E-state index is -0.595. The number of hydrogen-bond donors (Lipinski definition) is 3. The van der Waals surface area contributed by atoms with Gasteiger partial charge in [0.05, 0.1) is 12.6 Å². The van der Waals surface area contributed by atoms with E-state index in [1.54, 1.807) is 41.2 Å². The maximum absolute atomic E-state index is 12.7. The van der Waals surface area contributed by atoms with Crippen LogP contribution in [0.2, 0.25) is 5.02 Å². The summed E-state index contributed by atoms with van der Waals surface area (Å²) in [6.45, 7) is 3.08. The molecule has 1 saturated heterocycles. The molecule has 0 radical (unpaired) electrons. The van der Waals surface area contributed by atoms with Crippen LogP contribution in [0.1, 0.15) is 40.5 Å². The van der Waals surface area contributed by atoms with Crippen LogP contribution in [0.25, 0.3) is 5.82 Å². The number of imidazole rings is 1. The first-order valence-electron chi connectivity index (χ1n) is 10.4. The molecular formula is C22H25ClN6O3. The Bertz CT molecular complexity index is 1080. The molecule has 1 aromatic carbocycles. The molecule has 0 bridgehead atoms. The van der Waals surface area contributed by atoms with Crippen molar-refractivity contribution in [1.29, 1.82) is 0 Å². The highest BCUT2D eigenvalue weighted by atomic mass is 35.5.